The SMILES string of the molecule is Cc1csc(=O)n1CCC(=O)Nc1ccccc1N1CCCCCC1. The molecule has 1 saturated heterocycles. The van der Waals surface area contributed by atoms with Crippen LogP contribution in [-0.4, -0.2) is 23.6 Å². The lowest BCUT2D eigenvalue weighted by Gasteiger charge is -2.25. The Hall–Kier alpha value is -2.08. The van der Waals surface area contributed by atoms with Crippen LogP contribution in [0.15, 0.2) is 34.4 Å². The third-order valence-electron chi connectivity index (χ3n) is 4.66. The van der Waals surface area contributed by atoms with Crippen molar-refractivity contribution >= 4 is 28.6 Å². The summed E-state index contributed by atoms with van der Waals surface area (Å²) in [5.41, 5.74) is 2.87. The zero-order valence-electron chi connectivity index (χ0n) is 14.7. The average molecular weight is 359 g/mol. The summed E-state index contributed by atoms with van der Waals surface area (Å²) in [7, 11) is 0. The van der Waals surface area contributed by atoms with Gasteiger partial charge in [-0.1, -0.05) is 36.3 Å². The van der Waals surface area contributed by atoms with Gasteiger partial charge in [-0.05, 0) is 31.9 Å². The first-order valence-corrected chi connectivity index (χ1v) is 9.82. The van der Waals surface area contributed by atoms with Gasteiger partial charge in [0.25, 0.3) is 0 Å². The van der Waals surface area contributed by atoms with E-state index >= 15 is 0 Å². The molecule has 5 nitrogen and oxygen atoms in total. The Balaban J connectivity index is 1.66. The second-order valence-corrected chi connectivity index (χ2v) is 7.33. The monoisotopic (exact) mass is 359 g/mol. The van der Waals surface area contributed by atoms with E-state index in [9.17, 15) is 9.59 Å². The number of amides is 1. The van der Waals surface area contributed by atoms with E-state index in [1.807, 2.05) is 30.5 Å². The van der Waals surface area contributed by atoms with Crippen LogP contribution in [-0.2, 0) is 11.3 Å². The lowest BCUT2D eigenvalue weighted by molar-refractivity contribution is -0.116. The number of aromatic nitrogens is 1. The van der Waals surface area contributed by atoms with Crippen LogP contribution in [0.4, 0.5) is 11.4 Å². The molecule has 0 aliphatic carbocycles. The number of rotatable bonds is 5. The van der Waals surface area contributed by atoms with E-state index in [-0.39, 0.29) is 10.8 Å². The zero-order valence-corrected chi connectivity index (χ0v) is 15.5. The molecule has 0 bridgehead atoms. The van der Waals surface area contributed by atoms with Crippen LogP contribution in [0.1, 0.15) is 37.8 Å². The van der Waals surface area contributed by atoms with Crippen molar-refractivity contribution in [2.45, 2.75) is 45.6 Å². The summed E-state index contributed by atoms with van der Waals surface area (Å²) >= 11 is 1.18. The predicted octanol–water partition coefficient (Wildman–Crippen LogP) is 3.63. The third kappa shape index (κ3) is 4.51. The number of nitrogens with one attached hydrogen (secondary N) is 1. The summed E-state index contributed by atoms with van der Waals surface area (Å²) < 4.78 is 1.66. The predicted molar refractivity (Wildman–Crippen MR) is 104 cm³/mol. The number of carbonyl (C=O) groups excluding carboxylic acids is 1. The summed E-state index contributed by atoms with van der Waals surface area (Å²) in [4.78, 5) is 26.5. The van der Waals surface area contributed by atoms with Crippen molar-refractivity contribution in [1.29, 1.82) is 0 Å². The van der Waals surface area contributed by atoms with Gasteiger partial charge in [-0.3, -0.25) is 9.59 Å². The lowest BCUT2D eigenvalue weighted by Crippen LogP contribution is -2.26. The first-order valence-electron chi connectivity index (χ1n) is 8.94. The number of benzene rings is 1. The highest BCUT2D eigenvalue weighted by atomic mass is 32.1. The summed E-state index contributed by atoms with van der Waals surface area (Å²) in [6.45, 7) is 4.39. The van der Waals surface area contributed by atoms with Gasteiger partial charge < -0.3 is 14.8 Å². The molecule has 1 fully saturated rings. The van der Waals surface area contributed by atoms with Crippen molar-refractivity contribution in [3.63, 3.8) is 0 Å². The van der Waals surface area contributed by atoms with Gasteiger partial charge in [0, 0.05) is 37.1 Å². The van der Waals surface area contributed by atoms with Gasteiger partial charge in [0.1, 0.15) is 0 Å². The van der Waals surface area contributed by atoms with Gasteiger partial charge in [0.2, 0.25) is 5.91 Å². The number of anilines is 2. The van der Waals surface area contributed by atoms with Crippen LogP contribution in [0.25, 0.3) is 0 Å². The molecule has 1 aliphatic heterocycles. The van der Waals surface area contributed by atoms with Gasteiger partial charge in [0.05, 0.1) is 11.4 Å². The molecule has 1 amide bonds. The molecule has 134 valence electrons. The van der Waals surface area contributed by atoms with Gasteiger partial charge in [-0.25, -0.2) is 0 Å². The molecule has 1 aromatic carbocycles. The van der Waals surface area contributed by atoms with Crippen molar-refractivity contribution < 1.29 is 4.79 Å². The highest BCUT2D eigenvalue weighted by Crippen LogP contribution is 2.28. The van der Waals surface area contributed by atoms with E-state index in [1.54, 1.807) is 4.57 Å². The quantitative estimate of drug-likeness (QED) is 0.887. The molecule has 2 aromatic rings. The molecule has 0 atom stereocenters. The Labute approximate surface area is 152 Å². The van der Waals surface area contributed by atoms with Gasteiger partial charge in [-0.2, -0.15) is 0 Å². The summed E-state index contributed by atoms with van der Waals surface area (Å²) in [5, 5.41) is 4.87. The van der Waals surface area contributed by atoms with Crippen LogP contribution in [0, 0.1) is 6.92 Å². The number of nitrogens with zero attached hydrogens (tertiary/aromatic N) is 2. The first-order chi connectivity index (χ1) is 12.1. The molecule has 1 aromatic heterocycles. The minimum atomic E-state index is -0.0558. The molecule has 1 aliphatic rings. The van der Waals surface area contributed by atoms with E-state index in [0.29, 0.717) is 13.0 Å². The molecule has 0 radical (unpaired) electrons. The highest BCUT2D eigenvalue weighted by molar-refractivity contribution is 7.07. The maximum atomic E-state index is 12.4. The first kappa shape index (κ1) is 17.7. The van der Waals surface area contributed by atoms with Gasteiger partial charge in [-0.15, -0.1) is 0 Å². The Morgan fingerprint density at radius 2 is 1.88 bits per heavy atom. The van der Waals surface area contributed by atoms with E-state index in [4.69, 9.17) is 0 Å². The topological polar surface area (TPSA) is 54.3 Å². The number of carbonyl (C=O) groups is 1. The number of aryl methyl sites for hydroxylation is 1. The molecule has 0 unspecified atom stereocenters. The van der Waals surface area contributed by atoms with Crippen molar-refractivity contribution in [2.24, 2.45) is 0 Å². The number of hydrogen-bond donors (Lipinski definition) is 1. The molecular weight excluding hydrogens is 334 g/mol. The van der Waals surface area contributed by atoms with Crippen LogP contribution in [0.3, 0.4) is 0 Å². The van der Waals surface area contributed by atoms with Gasteiger partial charge in [0.15, 0.2) is 0 Å². The molecule has 1 N–H and O–H groups in total. The van der Waals surface area contributed by atoms with Crippen LogP contribution in [0.5, 0.6) is 0 Å². The van der Waals surface area contributed by atoms with Crippen LogP contribution < -0.4 is 15.1 Å². The normalized spacial score (nSPS) is 15.0. The fourth-order valence-electron chi connectivity index (χ4n) is 3.27. The van der Waals surface area contributed by atoms with Crippen molar-refractivity contribution in [1.82, 2.24) is 4.57 Å². The van der Waals surface area contributed by atoms with E-state index in [2.05, 4.69) is 16.3 Å². The van der Waals surface area contributed by atoms with Crippen molar-refractivity contribution in [2.75, 3.05) is 23.3 Å². The minimum absolute atomic E-state index is 0.00438. The molecule has 0 spiro atoms. The lowest BCUT2D eigenvalue weighted by atomic mass is 10.2. The molecule has 0 saturated carbocycles. The molecule has 25 heavy (non-hydrogen) atoms. The molecule has 3 rings (SSSR count). The highest BCUT2D eigenvalue weighted by Gasteiger charge is 2.15. The molecular formula is C19H25N3O2S. The van der Waals surface area contributed by atoms with E-state index < -0.39 is 0 Å². The minimum Gasteiger partial charge on any atom is -0.370 e. The van der Waals surface area contributed by atoms with Gasteiger partial charge >= 0.3 is 4.87 Å². The fourth-order valence-corrected chi connectivity index (χ4v) is 4.03. The van der Waals surface area contributed by atoms with Crippen LogP contribution in [0.2, 0.25) is 0 Å². The van der Waals surface area contributed by atoms with E-state index in [0.717, 1.165) is 30.2 Å². The zero-order chi connectivity index (χ0) is 17.6. The fraction of sp³-hybridized carbons (Fsp3) is 0.474. The van der Waals surface area contributed by atoms with Crippen molar-refractivity contribution in [3.8, 4) is 0 Å². The Bertz CT molecular complexity index is 773. The number of thiazole rings is 1. The van der Waals surface area contributed by atoms with Crippen LogP contribution >= 0.6 is 11.3 Å². The second kappa shape index (κ2) is 8.34. The van der Waals surface area contributed by atoms with E-state index in [1.165, 1.54) is 37.0 Å². The Morgan fingerprint density at radius 1 is 1.16 bits per heavy atom. The smallest absolute Gasteiger partial charge is 0.307 e. The number of para-hydroxylation sites is 2. The molecule has 6 heteroatoms. The van der Waals surface area contributed by atoms with Crippen molar-refractivity contribution in [3.05, 3.63) is 45.0 Å². The number of hydrogen-bond acceptors (Lipinski definition) is 4. The Morgan fingerprint density at radius 3 is 2.56 bits per heavy atom. The standard InChI is InChI=1S/C19H25N3O2S/c1-15-14-25-19(24)22(15)13-10-18(23)20-16-8-4-5-9-17(16)21-11-6-2-3-7-12-21/h4-5,8-9,14H,2-3,6-7,10-13H2,1H3,(H,20,23). The summed E-state index contributed by atoms with van der Waals surface area (Å²) in [5.74, 6) is -0.0558. The average Bonchev–Trinajstić information content (AvgIpc) is 2.81. The summed E-state index contributed by atoms with van der Waals surface area (Å²) in [6, 6.07) is 8.00. The third-order valence-corrected chi connectivity index (χ3v) is 5.54. The summed E-state index contributed by atoms with van der Waals surface area (Å²) in [6.07, 6.45) is 5.25. The maximum absolute atomic E-state index is 12.4. The maximum Gasteiger partial charge on any atom is 0.307 e. The largest absolute Gasteiger partial charge is 0.370 e. The molecule has 2 heterocycles. The second-order valence-electron chi connectivity index (χ2n) is 6.51. The Kier molecular flexibility index (Phi) is 5.91.